The van der Waals surface area contributed by atoms with Crippen molar-refractivity contribution in [2.75, 3.05) is 0 Å². The van der Waals surface area contributed by atoms with Gasteiger partial charge in [0.05, 0.1) is 4.88 Å². The van der Waals surface area contributed by atoms with Crippen molar-refractivity contribution in [2.45, 2.75) is 0 Å². The second-order valence-electron chi connectivity index (χ2n) is 1.06. The minimum absolute atomic E-state index is 0.944. The standard InChI is InChI=1S/C6H3S/c1-2-6-4-3-5-7-6/h1,4-5H. The van der Waals surface area contributed by atoms with Crippen LogP contribution in [0.1, 0.15) is 4.88 Å². The number of hydrogen-bond acceptors (Lipinski definition) is 1. The molecular weight excluding hydrogens is 104 g/mol. The summed E-state index contributed by atoms with van der Waals surface area (Å²) in [5.74, 6) is 2.49. The van der Waals surface area contributed by atoms with Crippen LogP contribution in [0, 0.1) is 18.4 Å². The lowest BCUT2D eigenvalue weighted by molar-refractivity contribution is 1.92. The Hall–Kier alpha value is -0.740. The van der Waals surface area contributed by atoms with Gasteiger partial charge in [0.1, 0.15) is 0 Å². The minimum Gasteiger partial charge on any atom is -0.135 e. The van der Waals surface area contributed by atoms with E-state index < -0.39 is 0 Å². The van der Waals surface area contributed by atoms with Gasteiger partial charge in [-0.2, -0.15) is 0 Å². The lowest BCUT2D eigenvalue weighted by Crippen LogP contribution is -1.50. The summed E-state index contributed by atoms with van der Waals surface area (Å²) in [6.45, 7) is 0. The molecule has 0 N–H and O–H groups in total. The van der Waals surface area contributed by atoms with Crippen molar-refractivity contribution in [3.63, 3.8) is 0 Å². The number of hydrogen-bond donors (Lipinski definition) is 0. The quantitative estimate of drug-likeness (QED) is 0.441. The lowest BCUT2D eigenvalue weighted by atomic mass is 10.5. The second-order valence-corrected chi connectivity index (χ2v) is 1.97. The predicted octanol–water partition coefficient (Wildman–Crippen LogP) is 1.53. The Morgan fingerprint density at radius 2 is 2.71 bits per heavy atom. The van der Waals surface area contributed by atoms with Gasteiger partial charge >= 0.3 is 0 Å². The molecule has 33 valence electrons. The van der Waals surface area contributed by atoms with Gasteiger partial charge in [-0.15, -0.1) is 17.8 Å². The molecule has 1 aromatic heterocycles. The predicted molar refractivity (Wildman–Crippen MR) is 31.1 cm³/mol. The summed E-state index contributed by atoms with van der Waals surface area (Å²) in [4.78, 5) is 0.944. The SMILES string of the molecule is C#Cc1c[c]cs1. The Labute approximate surface area is 46.8 Å². The fourth-order valence-electron chi connectivity index (χ4n) is 0.317. The monoisotopic (exact) mass is 107 g/mol. The highest BCUT2D eigenvalue weighted by molar-refractivity contribution is 7.10. The van der Waals surface area contributed by atoms with Crippen LogP contribution >= 0.6 is 11.3 Å². The van der Waals surface area contributed by atoms with E-state index in [0.717, 1.165) is 4.88 Å². The molecule has 0 aliphatic heterocycles. The maximum atomic E-state index is 5.03. The van der Waals surface area contributed by atoms with Gasteiger partial charge in [-0.1, -0.05) is 5.92 Å². The highest BCUT2D eigenvalue weighted by Crippen LogP contribution is 2.03. The van der Waals surface area contributed by atoms with E-state index in [2.05, 4.69) is 12.0 Å². The number of rotatable bonds is 0. The molecule has 0 fully saturated rings. The van der Waals surface area contributed by atoms with E-state index in [9.17, 15) is 0 Å². The van der Waals surface area contributed by atoms with Crippen LogP contribution in [0.2, 0.25) is 0 Å². The molecule has 1 rings (SSSR count). The molecule has 7 heavy (non-hydrogen) atoms. The van der Waals surface area contributed by atoms with Gasteiger partial charge in [-0.05, 0) is 17.5 Å². The zero-order chi connectivity index (χ0) is 5.11. The molecular formula is C6H3S. The molecule has 0 nitrogen and oxygen atoms in total. The van der Waals surface area contributed by atoms with Gasteiger partial charge in [-0.25, -0.2) is 0 Å². The Balaban J connectivity index is 3.04. The van der Waals surface area contributed by atoms with Crippen LogP contribution < -0.4 is 0 Å². The van der Waals surface area contributed by atoms with Crippen LogP contribution in [-0.2, 0) is 0 Å². The van der Waals surface area contributed by atoms with E-state index in [0.29, 0.717) is 0 Å². The highest BCUT2D eigenvalue weighted by Gasteiger charge is 1.80. The summed E-state index contributed by atoms with van der Waals surface area (Å²) in [6.07, 6.45) is 5.03. The molecule has 0 bridgehead atoms. The van der Waals surface area contributed by atoms with Crippen molar-refractivity contribution < 1.29 is 0 Å². The maximum absolute atomic E-state index is 5.03. The van der Waals surface area contributed by atoms with Gasteiger partial charge in [-0.3, -0.25) is 0 Å². The third-order valence-corrected chi connectivity index (χ3v) is 1.35. The van der Waals surface area contributed by atoms with Crippen molar-refractivity contribution in [2.24, 2.45) is 0 Å². The Morgan fingerprint density at radius 3 is 3.00 bits per heavy atom. The molecule has 0 aliphatic carbocycles. The molecule has 0 unspecified atom stereocenters. The molecule has 0 saturated heterocycles. The molecule has 1 radical (unpaired) electrons. The van der Waals surface area contributed by atoms with Crippen LogP contribution in [-0.4, -0.2) is 0 Å². The zero-order valence-electron chi connectivity index (χ0n) is 3.64. The van der Waals surface area contributed by atoms with E-state index in [1.165, 1.54) is 11.3 Å². The summed E-state index contributed by atoms with van der Waals surface area (Å²) < 4.78 is 0. The molecule has 1 heteroatoms. The van der Waals surface area contributed by atoms with Crippen LogP contribution in [0.25, 0.3) is 0 Å². The van der Waals surface area contributed by atoms with Crippen molar-refractivity contribution in [3.8, 4) is 12.3 Å². The van der Waals surface area contributed by atoms with Crippen molar-refractivity contribution >= 4 is 11.3 Å². The average molecular weight is 107 g/mol. The Kier molecular flexibility index (Phi) is 1.14. The molecule has 1 aromatic rings. The lowest BCUT2D eigenvalue weighted by Gasteiger charge is -1.66. The van der Waals surface area contributed by atoms with Gasteiger partial charge in [0.15, 0.2) is 0 Å². The highest BCUT2D eigenvalue weighted by atomic mass is 32.1. The molecule has 0 atom stereocenters. The van der Waals surface area contributed by atoms with Crippen LogP contribution in [0.5, 0.6) is 0 Å². The molecule has 0 amide bonds. The maximum Gasteiger partial charge on any atom is 0.0772 e. The first kappa shape index (κ1) is 4.42. The summed E-state index contributed by atoms with van der Waals surface area (Å²) in [5.41, 5.74) is 0. The summed E-state index contributed by atoms with van der Waals surface area (Å²) in [5, 5.41) is 1.84. The molecule has 0 aromatic carbocycles. The van der Waals surface area contributed by atoms with Crippen molar-refractivity contribution in [3.05, 3.63) is 22.4 Å². The second kappa shape index (κ2) is 1.81. The first-order valence-corrected chi connectivity index (χ1v) is 2.72. The average Bonchev–Trinajstić information content (AvgIpc) is 2.14. The Morgan fingerprint density at radius 1 is 1.86 bits per heavy atom. The Bertz CT molecular complexity index is 167. The number of terminal acetylenes is 1. The summed E-state index contributed by atoms with van der Waals surface area (Å²) in [6, 6.07) is 4.65. The number of thiophene rings is 1. The van der Waals surface area contributed by atoms with Crippen LogP contribution in [0.15, 0.2) is 11.4 Å². The smallest absolute Gasteiger partial charge is 0.0772 e. The minimum atomic E-state index is 0.944. The molecule has 1 heterocycles. The van der Waals surface area contributed by atoms with E-state index >= 15 is 0 Å². The topological polar surface area (TPSA) is 0 Å². The zero-order valence-corrected chi connectivity index (χ0v) is 4.46. The van der Waals surface area contributed by atoms with E-state index in [-0.39, 0.29) is 0 Å². The summed E-state index contributed by atoms with van der Waals surface area (Å²) in [7, 11) is 0. The van der Waals surface area contributed by atoms with Gasteiger partial charge < -0.3 is 0 Å². The van der Waals surface area contributed by atoms with Crippen LogP contribution in [0.3, 0.4) is 0 Å². The fraction of sp³-hybridized carbons (Fsp3) is 0. The van der Waals surface area contributed by atoms with Gasteiger partial charge in [0.2, 0.25) is 0 Å². The van der Waals surface area contributed by atoms with Crippen LogP contribution in [0.4, 0.5) is 0 Å². The van der Waals surface area contributed by atoms with E-state index in [1.54, 1.807) is 6.07 Å². The van der Waals surface area contributed by atoms with Crippen molar-refractivity contribution in [1.82, 2.24) is 0 Å². The van der Waals surface area contributed by atoms with Crippen molar-refractivity contribution in [1.29, 1.82) is 0 Å². The first-order chi connectivity index (χ1) is 3.43. The third-order valence-electron chi connectivity index (χ3n) is 0.611. The normalized spacial score (nSPS) is 7.86. The molecule has 0 saturated carbocycles. The summed E-state index contributed by atoms with van der Waals surface area (Å²) >= 11 is 1.53. The molecule has 0 aliphatic rings. The first-order valence-electron chi connectivity index (χ1n) is 1.84. The van der Waals surface area contributed by atoms with Gasteiger partial charge in [0, 0.05) is 0 Å². The fourth-order valence-corrected chi connectivity index (χ4v) is 0.784. The largest absolute Gasteiger partial charge is 0.135 e. The van der Waals surface area contributed by atoms with E-state index in [1.807, 2.05) is 5.38 Å². The van der Waals surface area contributed by atoms with E-state index in [4.69, 9.17) is 6.42 Å². The van der Waals surface area contributed by atoms with Gasteiger partial charge in [0.25, 0.3) is 0 Å². The molecule has 0 spiro atoms. The third kappa shape index (κ3) is 0.819.